The van der Waals surface area contributed by atoms with Crippen LogP contribution in [0.1, 0.15) is 0 Å². The molecule has 1 aromatic carbocycles. The first-order chi connectivity index (χ1) is 8.24. The lowest BCUT2D eigenvalue weighted by molar-refractivity contribution is -0.0759. The van der Waals surface area contributed by atoms with E-state index < -0.39 is 12.4 Å². The van der Waals surface area contributed by atoms with Gasteiger partial charge in [0.2, 0.25) is 0 Å². The molecular weight excluding hydrogens is 246 g/mol. The maximum Gasteiger partial charge on any atom is 0.411 e. The van der Waals surface area contributed by atoms with Crippen LogP contribution in [0, 0.1) is 0 Å². The van der Waals surface area contributed by atoms with Crippen molar-refractivity contribution in [2.75, 3.05) is 25.1 Å². The van der Waals surface area contributed by atoms with Gasteiger partial charge in [-0.05, 0) is 24.3 Å². The highest BCUT2D eigenvalue weighted by atomic mass is 35.5. The van der Waals surface area contributed by atoms with Gasteiger partial charge < -0.3 is 14.2 Å². The van der Waals surface area contributed by atoms with Crippen LogP contribution in [-0.2, 0) is 14.2 Å². The van der Waals surface area contributed by atoms with E-state index in [-0.39, 0.29) is 6.61 Å². The fraction of sp³-hybridized carbons (Fsp3) is 0.364. The van der Waals surface area contributed by atoms with Gasteiger partial charge in [-0.2, -0.15) is 0 Å². The highest BCUT2D eigenvalue weighted by Crippen LogP contribution is 2.13. The lowest BCUT2D eigenvalue weighted by Gasteiger charge is -2.10. The zero-order chi connectivity index (χ0) is 12.1. The predicted octanol–water partition coefficient (Wildman–Crippen LogP) is 2.26. The van der Waals surface area contributed by atoms with Crippen molar-refractivity contribution in [2.24, 2.45) is 0 Å². The number of carbonyl (C=O) groups is 1. The van der Waals surface area contributed by atoms with E-state index in [4.69, 9.17) is 25.8 Å². The highest BCUT2D eigenvalue weighted by molar-refractivity contribution is 6.30. The number of hydrogen-bond donors (Lipinski definition) is 1. The van der Waals surface area contributed by atoms with Gasteiger partial charge in [0.15, 0.2) is 6.29 Å². The van der Waals surface area contributed by atoms with E-state index in [2.05, 4.69) is 5.32 Å². The summed E-state index contributed by atoms with van der Waals surface area (Å²) in [6, 6.07) is 6.74. The first-order valence-corrected chi connectivity index (χ1v) is 5.54. The maximum atomic E-state index is 11.4. The molecule has 6 heteroatoms. The first kappa shape index (κ1) is 12.2. The average Bonchev–Trinajstić information content (AvgIpc) is 2.83. The zero-order valence-corrected chi connectivity index (χ0v) is 9.77. The molecule has 1 aliphatic heterocycles. The highest BCUT2D eigenvalue weighted by Gasteiger charge is 2.17. The van der Waals surface area contributed by atoms with Crippen molar-refractivity contribution in [3.63, 3.8) is 0 Å². The van der Waals surface area contributed by atoms with Crippen LogP contribution in [0.5, 0.6) is 0 Å². The van der Waals surface area contributed by atoms with Gasteiger partial charge in [0.25, 0.3) is 0 Å². The standard InChI is InChI=1S/C11H12ClNO4/c12-8-1-3-9(4-2-8)13-11(14)17-7-10-15-5-6-16-10/h1-4,10H,5-7H2,(H,13,14). The van der Waals surface area contributed by atoms with E-state index in [0.29, 0.717) is 23.9 Å². The van der Waals surface area contributed by atoms with Gasteiger partial charge in [0.1, 0.15) is 6.61 Å². The summed E-state index contributed by atoms with van der Waals surface area (Å²) in [7, 11) is 0. The van der Waals surface area contributed by atoms with E-state index in [0.717, 1.165) is 0 Å². The summed E-state index contributed by atoms with van der Waals surface area (Å²) in [5, 5.41) is 3.17. The van der Waals surface area contributed by atoms with Gasteiger partial charge in [-0.1, -0.05) is 11.6 Å². The summed E-state index contributed by atoms with van der Waals surface area (Å²) >= 11 is 5.72. The van der Waals surface area contributed by atoms with Gasteiger partial charge in [0.05, 0.1) is 13.2 Å². The Hall–Kier alpha value is -1.30. The van der Waals surface area contributed by atoms with E-state index in [1.165, 1.54) is 0 Å². The molecular formula is C11H12ClNO4. The topological polar surface area (TPSA) is 56.8 Å². The zero-order valence-electron chi connectivity index (χ0n) is 9.02. The lowest BCUT2D eigenvalue weighted by Crippen LogP contribution is -2.22. The Kier molecular flexibility index (Phi) is 4.19. The minimum atomic E-state index is -0.550. The largest absolute Gasteiger partial charge is 0.444 e. The summed E-state index contributed by atoms with van der Waals surface area (Å²) in [6.45, 7) is 1.15. The van der Waals surface area contributed by atoms with Crippen molar-refractivity contribution in [1.82, 2.24) is 0 Å². The summed E-state index contributed by atoms with van der Waals surface area (Å²) in [5.74, 6) is 0. The molecule has 0 unspecified atom stereocenters. The molecule has 0 aromatic heterocycles. The third-order valence-corrected chi connectivity index (χ3v) is 2.38. The number of amides is 1. The number of carbonyl (C=O) groups excluding carboxylic acids is 1. The molecule has 17 heavy (non-hydrogen) atoms. The monoisotopic (exact) mass is 257 g/mol. The summed E-state index contributed by atoms with van der Waals surface area (Å²) < 4.78 is 15.2. The molecule has 1 amide bonds. The van der Waals surface area contributed by atoms with Crippen LogP contribution in [0.3, 0.4) is 0 Å². The Labute approximate surface area is 104 Å². The number of rotatable bonds is 3. The minimum Gasteiger partial charge on any atom is -0.444 e. The van der Waals surface area contributed by atoms with Crippen molar-refractivity contribution >= 4 is 23.4 Å². The lowest BCUT2D eigenvalue weighted by atomic mass is 10.3. The predicted molar refractivity (Wildman–Crippen MR) is 62.1 cm³/mol. The molecule has 1 heterocycles. The van der Waals surface area contributed by atoms with E-state index >= 15 is 0 Å². The average molecular weight is 258 g/mol. The molecule has 0 radical (unpaired) electrons. The van der Waals surface area contributed by atoms with Crippen molar-refractivity contribution < 1.29 is 19.0 Å². The van der Waals surface area contributed by atoms with Crippen LogP contribution in [0.25, 0.3) is 0 Å². The normalized spacial score (nSPS) is 15.8. The van der Waals surface area contributed by atoms with E-state index in [1.807, 2.05) is 0 Å². The van der Waals surface area contributed by atoms with Gasteiger partial charge in [-0.3, -0.25) is 5.32 Å². The molecule has 1 aliphatic rings. The number of anilines is 1. The van der Waals surface area contributed by atoms with Crippen LogP contribution in [0.15, 0.2) is 24.3 Å². The maximum absolute atomic E-state index is 11.4. The first-order valence-electron chi connectivity index (χ1n) is 5.16. The van der Waals surface area contributed by atoms with Gasteiger partial charge in [0, 0.05) is 10.7 Å². The third kappa shape index (κ3) is 3.89. The van der Waals surface area contributed by atoms with E-state index in [1.54, 1.807) is 24.3 Å². The molecule has 0 saturated carbocycles. The van der Waals surface area contributed by atoms with Crippen molar-refractivity contribution in [1.29, 1.82) is 0 Å². The van der Waals surface area contributed by atoms with Gasteiger partial charge >= 0.3 is 6.09 Å². The van der Waals surface area contributed by atoms with Crippen LogP contribution in [0.4, 0.5) is 10.5 Å². The number of nitrogens with one attached hydrogen (secondary N) is 1. The Bertz CT molecular complexity index is 376. The Balaban J connectivity index is 1.74. The Morgan fingerprint density at radius 3 is 2.65 bits per heavy atom. The second-order valence-electron chi connectivity index (χ2n) is 3.40. The molecule has 0 atom stereocenters. The molecule has 0 spiro atoms. The molecule has 0 aliphatic carbocycles. The summed E-state index contributed by atoms with van der Waals surface area (Å²) in [6.07, 6.45) is -1.00. The number of hydrogen-bond acceptors (Lipinski definition) is 4. The van der Waals surface area contributed by atoms with Crippen molar-refractivity contribution in [2.45, 2.75) is 6.29 Å². The fourth-order valence-electron chi connectivity index (χ4n) is 1.33. The molecule has 2 rings (SSSR count). The second kappa shape index (κ2) is 5.86. The van der Waals surface area contributed by atoms with E-state index in [9.17, 15) is 4.79 Å². The van der Waals surface area contributed by atoms with Crippen LogP contribution < -0.4 is 5.32 Å². The number of halogens is 1. The molecule has 1 saturated heterocycles. The third-order valence-electron chi connectivity index (χ3n) is 2.13. The SMILES string of the molecule is O=C(Nc1ccc(Cl)cc1)OCC1OCCO1. The Morgan fingerprint density at radius 1 is 1.35 bits per heavy atom. The molecule has 1 N–H and O–H groups in total. The molecule has 0 bridgehead atoms. The fourth-order valence-corrected chi connectivity index (χ4v) is 1.46. The molecule has 1 fully saturated rings. The minimum absolute atomic E-state index is 0.0828. The van der Waals surface area contributed by atoms with Crippen LogP contribution in [-0.4, -0.2) is 32.2 Å². The van der Waals surface area contributed by atoms with Crippen molar-refractivity contribution in [3.05, 3.63) is 29.3 Å². The van der Waals surface area contributed by atoms with Crippen LogP contribution in [0.2, 0.25) is 5.02 Å². The van der Waals surface area contributed by atoms with Crippen molar-refractivity contribution in [3.8, 4) is 0 Å². The summed E-state index contributed by atoms with van der Waals surface area (Å²) in [4.78, 5) is 11.4. The smallest absolute Gasteiger partial charge is 0.411 e. The summed E-state index contributed by atoms with van der Waals surface area (Å²) in [5.41, 5.74) is 0.618. The van der Waals surface area contributed by atoms with Gasteiger partial charge in [-0.15, -0.1) is 0 Å². The quantitative estimate of drug-likeness (QED) is 0.902. The Morgan fingerprint density at radius 2 is 2.00 bits per heavy atom. The molecule has 5 nitrogen and oxygen atoms in total. The van der Waals surface area contributed by atoms with Crippen LogP contribution >= 0.6 is 11.6 Å². The molecule has 1 aromatic rings. The number of ether oxygens (including phenoxy) is 3. The van der Waals surface area contributed by atoms with Gasteiger partial charge in [-0.25, -0.2) is 4.79 Å². The number of benzene rings is 1. The molecule has 92 valence electrons. The second-order valence-corrected chi connectivity index (χ2v) is 3.84.